The summed E-state index contributed by atoms with van der Waals surface area (Å²) in [5.74, 6) is 0.270. The summed E-state index contributed by atoms with van der Waals surface area (Å²) in [5, 5.41) is 2.93. The van der Waals surface area contributed by atoms with Crippen LogP contribution in [0.5, 0.6) is 0 Å². The van der Waals surface area contributed by atoms with Gasteiger partial charge in [-0.05, 0) is 54.4 Å². The van der Waals surface area contributed by atoms with E-state index < -0.39 is 0 Å². The third kappa shape index (κ3) is 4.57. The molecular formula is C24H22N6O. The van der Waals surface area contributed by atoms with Gasteiger partial charge in [0.15, 0.2) is 0 Å². The van der Waals surface area contributed by atoms with Crippen molar-refractivity contribution in [3.8, 4) is 11.3 Å². The normalized spacial score (nSPS) is 10.5. The number of nitrogens with two attached hydrogens (primary N) is 1. The Hall–Kier alpha value is -4.10. The number of anilines is 3. The standard InChI is InChI=1S/C24H22N6O/c1-17-5-2-3-7-22(17)30(24(31)28-20-10-8-18(15-25)9-11-20)23-27-14-12-21(29-23)19-6-4-13-26-16-19/h2-14,16H,15,25H2,1H3,(H,28,31). The highest BCUT2D eigenvalue weighted by Gasteiger charge is 2.23. The van der Waals surface area contributed by atoms with Gasteiger partial charge in [-0.3, -0.25) is 4.98 Å². The Morgan fingerprint density at radius 1 is 1.00 bits per heavy atom. The summed E-state index contributed by atoms with van der Waals surface area (Å²) in [7, 11) is 0. The van der Waals surface area contributed by atoms with Gasteiger partial charge in [-0.2, -0.15) is 0 Å². The molecule has 2 aromatic carbocycles. The summed E-state index contributed by atoms with van der Waals surface area (Å²) < 4.78 is 0. The molecule has 0 radical (unpaired) electrons. The van der Waals surface area contributed by atoms with E-state index in [0.29, 0.717) is 23.6 Å². The maximum atomic E-state index is 13.4. The van der Waals surface area contributed by atoms with Gasteiger partial charge in [0, 0.05) is 36.4 Å². The Bertz CT molecular complexity index is 1180. The molecule has 2 aromatic heterocycles. The molecule has 4 rings (SSSR count). The van der Waals surface area contributed by atoms with Crippen LogP contribution in [0.15, 0.2) is 85.3 Å². The minimum absolute atomic E-state index is 0.270. The second kappa shape index (κ2) is 9.15. The lowest BCUT2D eigenvalue weighted by atomic mass is 10.2. The van der Waals surface area contributed by atoms with Crippen molar-refractivity contribution in [2.24, 2.45) is 5.73 Å². The molecule has 154 valence electrons. The molecule has 0 spiro atoms. The Kier molecular flexibility index (Phi) is 5.96. The van der Waals surface area contributed by atoms with Crippen LogP contribution in [0.3, 0.4) is 0 Å². The smallest absolute Gasteiger partial charge is 0.326 e. The second-order valence-electron chi connectivity index (χ2n) is 6.94. The molecule has 0 aliphatic carbocycles. The third-order valence-electron chi connectivity index (χ3n) is 4.80. The highest BCUT2D eigenvalue weighted by Crippen LogP contribution is 2.28. The molecule has 3 N–H and O–H groups in total. The van der Waals surface area contributed by atoms with Crippen LogP contribution in [0.25, 0.3) is 11.3 Å². The van der Waals surface area contributed by atoms with Crippen LogP contribution in [0, 0.1) is 6.92 Å². The molecule has 4 aromatic rings. The fourth-order valence-corrected chi connectivity index (χ4v) is 3.16. The first-order chi connectivity index (χ1) is 15.2. The number of amides is 2. The van der Waals surface area contributed by atoms with E-state index in [9.17, 15) is 4.79 Å². The van der Waals surface area contributed by atoms with Crippen LogP contribution in [0.2, 0.25) is 0 Å². The quantitative estimate of drug-likeness (QED) is 0.498. The van der Waals surface area contributed by atoms with E-state index >= 15 is 0 Å². The Labute approximate surface area is 180 Å². The lowest BCUT2D eigenvalue weighted by Gasteiger charge is -2.23. The molecule has 0 fully saturated rings. The van der Waals surface area contributed by atoms with Gasteiger partial charge < -0.3 is 11.1 Å². The van der Waals surface area contributed by atoms with Crippen molar-refractivity contribution >= 4 is 23.4 Å². The fraction of sp³-hybridized carbons (Fsp3) is 0.0833. The maximum absolute atomic E-state index is 13.4. The lowest BCUT2D eigenvalue weighted by Crippen LogP contribution is -2.32. The molecule has 0 saturated heterocycles. The number of hydrogen-bond acceptors (Lipinski definition) is 5. The minimum atomic E-state index is -0.363. The summed E-state index contributed by atoms with van der Waals surface area (Å²) in [6.45, 7) is 2.38. The number of urea groups is 1. The van der Waals surface area contributed by atoms with Gasteiger partial charge in [-0.25, -0.2) is 19.7 Å². The van der Waals surface area contributed by atoms with E-state index in [2.05, 4.69) is 20.3 Å². The Morgan fingerprint density at radius 3 is 2.52 bits per heavy atom. The van der Waals surface area contributed by atoms with Gasteiger partial charge in [-0.15, -0.1) is 0 Å². The van der Waals surface area contributed by atoms with Crippen LogP contribution >= 0.6 is 0 Å². The fourth-order valence-electron chi connectivity index (χ4n) is 3.16. The SMILES string of the molecule is Cc1ccccc1N(C(=O)Nc1ccc(CN)cc1)c1nccc(-c2cccnc2)n1. The number of carbonyl (C=O) groups is 1. The van der Waals surface area contributed by atoms with E-state index in [1.807, 2.05) is 67.6 Å². The number of aromatic nitrogens is 3. The molecule has 0 aliphatic rings. The average Bonchev–Trinajstić information content (AvgIpc) is 2.82. The predicted octanol–water partition coefficient (Wildman–Crippen LogP) is 4.68. The van der Waals surface area contributed by atoms with Crippen molar-refractivity contribution in [1.82, 2.24) is 15.0 Å². The van der Waals surface area contributed by atoms with Gasteiger partial charge >= 0.3 is 6.03 Å². The number of benzene rings is 2. The maximum Gasteiger partial charge on any atom is 0.333 e. The molecule has 2 heterocycles. The van der Waals surface area contributed by atoms with Crippen LogP contribution in [-0.4, -0.2) is 21.0 Å². The van der Waals surface area contributed by atoms with E-state index in [1.165, 1.54) is 4.90 Å². The molecule has 7 nitrogen and oxygen atoms in total. The van der Waals surface area contributed by atoms with E-state index in [1.54, 1.807) is 24.7 Å². The lowest BCUT2D eigenvalue weighted by molar-refractivity contribution is 0.258. The summed E-state index contributed by atoms with van der Waals surface area (Å²) in [4.78, 5) is 28.0. The Balaban J connectivity index is 1.73. The van der Waals surface area contributed by atoms with Crippen molar-refractivity contribution in [2.45, 2.75) is 13.5 Å². The van der Waals surface area contributed by atoms with Crippen molar-refractivity contribution < 1.29 is 4.79 Å². The zero-order valence-corrected chi connectivity index (χ0v) is 17.1. The predicted molar refractivity (Wildman–Crippen MR) is 122 cm³/mol. The summed E-state index contributed by atoms with van der Waals surface area (Å²) in [5.41, 5.74) is 10.4. The van der Waals surface area contributed by atoms with Crippen LogP contribution < -0.4 is 16.0 Å². The van der Waals surface area contributed by atoms with Crippen molar-refractivity contribution in [3.05, 3.63) is 96.4 Å². The second-order valence-corrected chi connectivity index (χ2v) is 6.94. The first-order valence-corrected chi connectivity index (χ1v) is 9.85. The number of pyridine rings is 1. The monoisotopic (exact) mass is 410 g/mol. The molecule has 0 atom stereocenters. The topological polar surface area (TPSA) is 97.0 Å². The number of nitrogens with zero attached hydrogens (tertiary/aromatic N) is 4. The zero-order valence-electron chi connectivity index (χ0n) is 17.1. The molecule has 2 amide bonds. The van der Waals surface area contributed by atoms with E-state index in [0.717, 1.165) is 16.7 Å². The summed E-state index contributed by atoms with van der Waals surface area (Å²) in [6, 6.07) is 20.2. The molecule has 0 unspecified atom stereocenters. The number of carbonyl (C=O) groups excluding carboxylic acids is 1. The van der Waals surface area contributed by atoms with Gasteiger partial charge in [0.2, 0.25) is 5.95 Å². The largest absolute Gasteiger partial charge is 0.333 e. The third-order valence-corrected chi connectivity index (χ3v) is 4.80. The molecule has 0 aliphatic heterocycles. The van der Waals surface area contributed by atoms with E-state index in [-0.39, 0.29) is 12.0 Å². The number of rotatable bonds is 5. The number of para-hydroxylation sites is 1. The molecule has 7 heteroatoms. The molecule has 31 heavy (non-hydrogen) atoms. The zero-order chi connectivity index (χ0) is 21.6. The van der Waals surface area contributed by atoms with E-state index in [4.69, 9.17) is 5.73 Å². The highest BCUT2D eigenvalue weighted by atomic mass is 16.2. The molecule has 0 saturated carbocycles. The number of hydrogen-bond donors (Lipinski definition) is 2. The summed E-state index contributed by atoms with van der Waals surface area (Å²) in [6.07, 6.45) is 5.07. The number of aryl methyl sites for hydroxylation is 1. The van der Waals surface area contributed by atoms with Crippen LogP contribution in [-0.2, 0) is 6.54 Å². The minimum Gasteiger partial charge on any atom is -0.326 e. The van der Waals surface area contributed by atoms with Gasteiger partial charge in [0.05, 0.1) is 11.4 Å². The first kappa shape index (κ1) is 20.2. The van der Waals surface area contributed by atoms with Gasteiger partial charge in [0.1, 0.15) is 0 Å². The van der Waals surface area contributed by atoms with Crippen molar-refractivity contribution in [1.29, 1.82) is 0 Å². The Morgan fingerprint density at radius 2 is 1.81 bits per heavy atom. The van der Waals surface area contributed by atoms with Crippen LogP contribution in [0.4, 0.5) is 22.1 Å². The van der Waals surface area contributed by atoms with Crippen molar-refractivity contribution in [3.63, 3.8) is 0 Å². The molecular weight excluding hydrogens is 388 g/mol. The van der Waals surface area contributed by atoms with Gasteiger partial charge in [-0.1, -0.05) is 30.3 Å². The molecule has 0 bridgehead atoms. The van der Waals surface area contributed by atoms with Crippen LogP contribution in [0.1, 0.15) is 11.1 Å². The first-order valence-electron chi connectivity index (χ1n) is 9.85. The van der Waals surface area contributed by atoms with Crippen molar-refractivity contribution in [2.75, 3.05) is 10.2 Å². The highest BCUT2D eigenvalue weighted by molar-refractivity contribution is 6.06. The summed E-state index contributed by atoms with van der Waals surface area (Å²) >= 11 is 0. The number of nitrogens with one attached hydrogen (secondary N) is 1. The van der Waals surface area contributed by atoms with Gasteiger partial charge in [0.25, 0.3) is 0 Å². The average molecular weight is 410 g/mol.